The van der Waals surface area contributed by atoms with Gasteiger partial charge in [0.05, 0.1) is 6.54 Å². The summed E-state index contributed by atoms with van der Waals surface area (Å²) in [5.74, 6) is 0.886. The molecule has 1 aliphatic rings. The van der Waals surface area contributed by atoms with Crippen molar-refractivity contribution in [3.05, 3.63) is 12.2 Å². The topological polar surface area (TPSA) is 72.3 Å². The summed E-state index contributed by atoms with van der Waals surface area (Å²) in [6, 6.07) is 0.188. The van der Waals surface area contributed by atoms with Crippen LogP contribution in [-0.4, -0.2) is 50.5 Å². The lowest BCUT2D eigenvalue weighted by molar-refractivity contribution is 0.0226. The van der Waals surface area contributed by atoms with E-state index in [4.69, 9.17) is 4.74 Å². The van der Waals surface area contributed by atoms with E-state index >= 15 is 0 Å². The van der Waals surface area contributed by atoms with Crippen LogP contribution in [0.2, 0.25) is 0 Å². The van der Waals surface area contributed by atoms with E-state index in [1.165, 1.54) is 0 Å². The molecule has 2 heterocycles. The Labute approximate surface area is 125 Å². The third-order valence-electron chi connectivity index (χ3n) is 3.47. The fraction of sp³-hybridized carbons (Fsp3) is 0.786. The van der Waals surface area contributed by atoms with Crippen molar-refractivity contribution in [3.8, 4) is 0 Å². The van der Waals surface area contributed by atoms with Crippen LogP contribution in [0.25, 0.3) is 0 Å². The van der Waals surface area contributed by atoms with E-state index in [-0.39, 0.29) is 12.1 Å². The van der Waals surface area contributed by atoms with Gasteiger partial charge in [-0.1, -0.05) is 0 Å². The highest BCUT2D eigenvalue weighted by Gasteiger charge is 2.31. The Morgan fingerprint density at radius 3 is 2.90 bits per heavy atom. The predicted octanol–water partition coefficient (Wildman–Crippen LogP) is 1.30. The lowest BCUT2D eigenvalue weighted by atomic mass is 10.2. The second kappa shape index (κ2) is 6.43. The largest absolute Gasteiger partial charge is 0.444 e. The Hall–Kier alpha value is -1.63. The van der Waals surface area contributed by atoms with Crippen LogP contribution in [0.5, 0.6) is 0 Å². The molecule has 0 radical (unpaired) electrons. The molecule has 118 valence electrons. The molecule has 7 heteroatoms. The van der Waals surface area contributed by atoms with Gasteiger partial charge in [0, 0.05) is 26.2 Å². The van der Waals surface area contributed by atoms with Crippen LogP contribution in [0.15, 0.2) is 6.33 Å². The van der Waals surface area contributed by atoms with Crippen LogP contribution in [-0.2, 0) is 18.3 Å². The standard InChI is InChI=1S/C14H25N5O2/c1-14(2,3)21-13(20)19-7-5-6-11(19)8-15-9-12-17-16-10-18(12)4/h10-11,15H,5-9H2,1-4H3. The van der Waals surface area contributed by atoms with E-state index in [0.717, 1.165) is 31.8 Å². The fourth-order valence-electron chi connectivity index (χ4n) is 2.43. The van der Waals surface area contributed by atoms with E-state index in [2.05, 4.69) is 15.5 Å². The first-order valence-corrected chi connectivity index (χ1v) is 7.40. The van der Waals surface area contributed by atoms with Crippen molar-refractivity contribution in [3.63, 3.8) is 0 Å². The van der Waals surface area contributed by atoms with Crippen molar-refractivity contribution in [2.45, 2.75) is 51.8 Å². The molecule has 1 atom stereocenters. The molecule has 1 aliphatic heterocycles. The number of amides is 1. The molecule has 21 heavy (non-hydrogen) atoms. The quantitative estimate of drug-likeness (QED) is 0.906. The van der Waals surface area contributed by atoms with Crippen LogP contribution >= 0.6 is 0 Å². The van der Waals surface area contributed by atoms with Gasteiger partial charge in [-0.3, -0.25) is 0 Å². The van der Waals surface area contributed by atoms with Gasteiger partial charge in [-0.2, -0.15) is 0 Å². The summed E-state index contributed by atoms with van der Waals surface area (Å²) in [4.78, 5) is 14.0. The molecular weight excluding hydrogens is 270 g/mol. The van der Waals surface area contributed by atoms with E-state index in [1.54, 1.807) is 6.33 Å². The molecule has 0 spiro atoms. The Kier molecular flexibility index (Phi) is 4.82. The van der Waals surface area contributed by atoms with Crippen molar-refractivity contribution in [1.29, 1.82) is 0 Å². The maximum atomic E-state index is 12.2. The molecular formula is C14H25N5O2. The van der Waals surface area contributed by atoms with Crippen molar-refractivity contribution in [1.82, 2.24) is 25.0 Å². The van der Waals surface area contributed by atoms with Gasteiger partial charge in [0.2, 0.25) is 0 Å². The average molecular weight is 295 g/mol. The van der Waals surface area contributed by atoms with Gasteiger partial charge in [0.1, 0.15) is 17.8 Å². The van der Waals surface area contributed by atoms with E-state index in [0.29, 0.717) is 6.54 Å². The van der Waals surface area contributed by atoms with Crippen LogP contribution in [0.1, 0.15) is 39.4 Å². The maximum absolute atomic E-state index is 12.2. The van der Waals surface area contributed by atoms with Crippen molar-refractivity contribution < 1.29 is 9.53 Å². The molecule has 7 nitrogen and oxygen atoms in total. The molecule has 1 unspecified atom stereocenters. The third-order valence-corrected chi connectivity index (χ3v) is 3.47. The number of nitrogens with zero attached hydrogens (tertiary/aromatic N) is 4. The number of hydrogen-bond donors (Lipinski definition) is 1. The molecule has 1 saturated heterocycles. The number of hydrogen-bond acceptors (Lipinski definition) is 5. The van der Waals surface area contributed by atoms with Crippen LogP contribution in [0.3, 0.4) is 0 Å². The van der Waals surface area contributed by atoms with Gasteiger partial charge in [-0.25, -0.2) is 4.79 Å². The zero-order valence-corrected chi connectivity index (χ0v) is 13.3. The van der Waals surface area contributed by atoms with Crippen molar-refractivity contribution in [2.24, 2.45) is 7.05 Å². The lowest BCUT2D eigenvalue weighted by Crippen LogP contribution is -2.44. The van der Waals surface area contributed by atoms with Gasteiger partial charge >= 0.3 is 6.09 Å². The van der Waals surface area contributed by atoms with E-state index < -0.39 is 5.60 Å². The first kappa shape index (κ1) is 15.8. The van der Waals surface area contributed by atoms with Gasteiger partial charge in [0.15, 0.2) is 0 Å². The summed E-state index contributed by atoms with van der Waals surface area (Å²) < 4.78 is 7.34. The summed E-state index contributed by atoms with van der Waals surface area (Å²) in [5, 5.41) is 11.2. The SMILES string of the molecule is Cn1cnnc1CNCC1CCCN1C(=O)OC(C)(C)C. The van der Waals surface area contributed by atoms with Crippen LogP contribution in [0.4, 0.5) is 4.79 Å². The van der Waals surface area contributed by atoms with Crippen molar-refractivity contribution >= 4 is 6.09 Å². The summed E-state index contributed by atoms with van der Waals surface area (Å²) in [5.41, 5.74) is -0.448. The summed E-state index contributed by atoms with van der Waals surface area (Å²) >= 11 is 0. The number of rotatable bonds is 4. The minimum absolute atomic E-state index is 0.188. The Bertz CT molecular complexity index is 480. The maximum Gasteiger partial charge on any atom is 0.410 e. The molecule has 0 saturated carbocycles. The minimum Gasteiger partial charge on any atom is -0.444 e. The Balaban J connectivity index is 1.82. The Morgan fingerprint density at radius 2 is 2.29 bits per heavy atom. The van der Waals surface area contributed by atoms with Gasteiger partial charge in [0.25, 0.3) is 0 Å². The summed E-state index contributed by atoms with van der Waals surface area (Å²) in [6.45, 7) is 7.83. The number of nitrogens with one attached hydrogen (secondary N) is 1. The molecule has 1 N–H and O–H groups in total. The molecule has 1 aromatic heterocycles. The normalized spacial score (nSPS) is 19.0. The van der Waals surface area contributed by atoms with Gasteiger partial charge in [-0.15, -0.1) is 10.2 Å². The third kappa shape index (κ3) is 4.42. The highest BCUT2D eigenvalue weighted by Crippen LogP contribution is 2.20. The number of aromatic nitrogens is 3. The molecule has 1 fully saturated rings. The molecule has 1 aromatic rings. The van der Waals surface area contributed by atoms with Gasteiger partial charge < -0.3 is 19.5 Å². The average Bonchev–Trinajstić information content (AvgIpc) is 2.97. The number of carbonyl (C=O) groups is 1. The molecule has 1 amide bonds. The zero-order valence-electron chi connectivity index (χ0n) is 13.3. The second-order valence-corrected chi connectivity index (χ2v) is 6.46. The van der Waals surface area contributed by atoms with Crippen LogP contribution in [0, 0.1) is 0 Å². The zero-order chi connectivity index (χ0) is 15.5. The lowest BCUT2D eigenvalue weighted by Gasteiger charge is -2.28. The summed E-state index contributed by atoms with van der Waals surface area (Å²) in [7, 11) is 1.92. The number of aryl methyl sites for hydroxylation is 1. The molecule has 0 aliphatic carbocycles. The smallest absolute Gasteiger partial charge is 0.410 e. The van der Waals surface area contributed by atoms with Crippen molar-refractivity contribution in [2.75, 3.05) is 13.1 Å². The Morgan fingerprint density at radius 1 is 1.52 bits per heavy atom. The summed E-state index contributed by atoms with van der Waals surface area (Å²) in [6.07, 6.45) is 3.49. The number of likely N-dealkylation sites (tertiary alicyclic amines) is 1. The minimum atomic E-state index is -0.448. The highest BCUT2D eigenvalue weighted by atomic mass is 16.6. The second-order valence-electron chi connectivity index (χ2n) is 6.46. The predicted molar refractivity (Wildman–Crippen MR) is 78.7 cm³/mol. The highest BCUT2D eigenvalue weighted by molar-refractivity contribution is 5.69. The fourth-order valence-corrected chi connectivity index (χ4v) is 2.43. The number of ether oxygens (including phenoxy) is 1. The molecule has 2 rings (SSSR count). The first-order chi connectivity index (χ1) is 9.87. The number of carbonyl (C=O) groups excluding carboxylic acids is 1. The van der Waals surface area contributed by atoms with Crippen LogP contribution < -0.4 is 5.32 Å². The molecule has 0 aromatic carbocycles. The van der Waals surface area contributed by atoms with E-state index in [9.17, 15) is 4.79 Å². The monoisotopic (exact) mass is 295 g/mol. The first-order valence-electron chi connectivity index (χ1n) is 7.40. The van der Waals surface area contributed by atoms with Gasteiger partial charge in [-0.05, 0) is 33.6 Å². The molecule has 0 bridgehead atoms. The van der Waals surface area contributed by atoms with E-state index in [1.807, 2.05) is 37.3 Å².